The molecule has 2 heteroatoms. The number of phenolic OH excluding ortho intramolecular Hbond substituents is 1. The van der Waals surface area contributed by atoms with Crippen molar-refractivity contribution in [2.45, 2.75) is 20.3 Å². The number of halogens is 1. The van der Waals surface area contributed by atoms with Crippen molar-refractivity contribution >= 4 is 15.9 Å². The molecule has 12 heavy (non-hydrogen) atoms. The Morgan fingerprint density at radius 3 is 2.50 bits per heavy atom. The molecule has 0 unspecified atom stereocenters. The van der Waals surface area contributed by atoms with E-state index in [2.05, 4.69) is 15.9 Å². The maximum absolute atomic E-state index is 9.38. The van der Waals surface area contributed by atoms with Gasteiger partial charge in [0.2, 0.25) is 0 Å². The highest BCUT2D eigenvalue weighted by atomic mass is 79.9. The van der Waals surface area contributed by atoms with Gasteiger partial charge < -0.3 is 5.11 Å². The SMILES string of the molecule is Cc1cc(CCBr)c(C)cc1O. The first-order valence-electron chi connectivity index (χ1n) is 4.00. The summed E-state index contributed by atoms with van der Waals surface area (Å²) in [7, 11) is 0. The molecule has 0 radical (unpaired) electrons. The summed E-state index contributed by atoms with van der Waals surface area (Å²) in [5.74, 6) is 0.394. The van der Waals surface area contributed by atoms with Crippen LogP contribution in [0, 0.1) is 13.8 Å². The Morgan fingerprint density at radius 2 is 1.92 bits per heavy atom. The molecule has 66 valence electrons. The maximum atomic E-state index is 9.38. The van der Waals surface area contributed by atoms with Gasteiger partial charge in [-0.25, -0.2) is 0 Å². The lowest BCUT2D eigenvalue weighted by Gasteiger charge is -2.06. The normalized spacial score (nSPS) is 10.2. The number of benzene rings is 1. The third kappa shape index (κ3) is 2.01. The number of alkyl halides is 1. The van der Waals surface area contributed by atoms with Crippen LogP contribution in [0.4, 0.5) is 0 Å². The minimum Gasteiger partial charge on any atom is -0.508 e. The van der Waals surface area contributed by atoms with Gasteiger partial charge in [-0.1, -0.05) is 22.0 Å². The Bertz CT molecular complexity index is 281. The number of rotatable bonds is 2. The maximum Gasteiger partial charge on any atom is 0.118 e. The Kier molecular flexibility index (Phi) is 3.15. The van der Waals surface area contributed by atoms with Crippen LogP contribution < -0.4 is 0 Å². The van der Waals surface area contributed by atoms with Crippen molar-refractivity contribution in [3.8, 4) is 5.75 Å². The molecule has 0 aliphatic rings. The highest BCUT2D eigenvalue weighted by Crippen LogP contribution is 2.21. The lowest BCUT2D eigenvalue weighted by atomic mass is 10.0. The van der Waals surface area contributed by atoms with Gasteiger partial charge in [-0.3, -0.25) is 0 Å². The molecule has 1 N–H and O–H groups in total. The first-order valence-corrected chi connectivity index (χ1v) is 5.12. The van der Waals surface area contributed by atoms with E-state index in [1.54, 1.807) is 0 Å². The highest BCUT2D eigenvalue weighted by Gasteiger charge is 2.01. The molecular formula is C10H13BrO. The van der Waals surface area contributed by atoms with Gasteiger partial charge in [-0.2, -0.15) is 0 Å². The van der Waals surface area contributed by atoms with E-state index in [9.17, 15) is 5.11 Å². The molecule has 0 aromatic heterocycles. The molecule has 0 spiro atoms. The summed E-state index contributed by atoms with van der Waals surface area (Å²) in [6.07, 6.45) is 1.02. The first-order chi connectivity index (χ1) is 5.65. The number of aryl methyl sites for hydroxylation is 3. The van der Waals surface area contributed by atoms with E-state index in [1.165, 1.54) is 5.56 Å². The molecular weight excluding hydrogens is 216 g/mol. The Hall–Kier alpha value is -0.500. The first kappa shape index (κ1) is 9.59. The Balaban J connectivity index is 3.05. The van der Waals surface area contributed by atoms with Crippen molar-refractivity contribution in [3.63, 3.8) is 0 Å². The minimum atomic E-state index is 0.394. The number of hydrogen-bond donors (Lipinski definition) is 1. The average molecular weight is 229 g/mol. The van der Waals surface area contributed by atoms with Crippen molar-refractivity contribution in [1.82, 2.24) is 0 Å². The molecule has 0 amide bonds. The van der Waals surface area contributed by atoms with E-state index < -0.39 is 0 Å². The van der Waals surface area contributed by atoms with E-state index in [0.29, 0.717) is 5.75 Å². The number of aromatic hydroxyl groups is 1. The predicted octanol–water partition coefficient (Wildman–Crippen LogP) is 2.95. The van der Waals surface area contributed by atoms with Gasteiger partial charge in [0.25, 0.3) is 0 Å². The molecule has 0 atom stereocenters. The lowest BCUT2D eigenvalue weighted by Crippen LogP contribution is -1.91. The van der Waals surface area contributed by atoms with Crippen LogP contribution in [-0.2, 0) is 6.42 Å². The van der Waals surface area contributed by atoms with Gasteiger partial charge in [0.1, 0.15) is 5.75 Å². The average Bonchev–Trinajstić information content (AvgIpc) is 2.01. The minimum absolute atomic E-state index is 0.394. The molecule has 0 aliphatic carbocycles. The molecule has 1 aromatic rings. The number of hydrogen-bond acceptors (Lipinski definition) is 1. The third-order valence-corrected chi connectivity index (χ3v) is 2.41. The highest BCUT2D eigenvalue weighted by molar-refractivity contribution is 9.09. The van der Waals surface area contributed by atoms with Crippen molar-refractivity contribution in [3.05, 3.63) is 28.8 Å². The van der Waals surface area contributed by atoms with Crippen molar-refractivity contribution in [1.29, 1.82) is 0 Å². The van der Waals surface area contributed by atoms with Crippen LogP contribution in [0.25, 0.3) is 0 Å². The fourth-order valence-electron chi connectivity index (χ4n) is 1.23. The van der Waals surface area contributed by atoms with Crippen LogP contribution in [0.3, 0.4) is 0 Å². The molecule has 0 aliphatic heterocycles. The van der Waals surface area contributed by atoms with Gasteiger partial charge in [0.15, 0.2) is 0 Å². The quantitative estimate of drug-likeness (QED) is 0.773. The second kappa shape index (κ2) is 3.94. The van der Waals surface area contributed by atoms with Crippen molar-refractivity contribution in [2.75, 3.05) is 5.33 Å². The summed E-state index contributed by atoms with van der Waals surface area (Å²) >= 11 is 3.40. The zero-order valence-corrected chi connectivity index (χ0v) is 8.98. The molecule has 1 nitrogen and oxygen atoms in total. The molecule has 0 saturated heterocycles. The van der Waals surface area contributed by atoms with Crippen molar-refractivity contribution in [2.24, 2.45) is 0 Å². The van der Waals surface area contributed by atoms with E-state index >= 15 is 0 Å². The molecule has 1 rings (SSSR count). The van der Waals surface area contributed by atoms with Crippen LogP contribution in [0.2, 0.25) is 0 Å². The molecule has 0 bridgehead atoms. The smallest absolute Gasteiger partial charge is 0.118 e. The molecule has 0 heterocycles. The molecule has 1 aromatic carbocycles. The van der Waals surface area contributed by atoms with E-state index in [4.69, 9.17) is 0 Å². The van der Waals surface area contributed by atoms with Gasteiger partial charge in [-0.05, 0) is 43.0 Å². The summed E-state index contributed by atoms with van der Waals surface area (Å²) < 4.78 is 0. The standard InChI is InChI=1S/C10H13BrO/c1-7-6-10(12)8(2)5-9(7)3-4-11/h5-6,12H,3-4H2,1-2H3. The second-order valence-corrected chi connectivity index (χ2v) is 3.80. The summed E-state index contributed by atoms with van der Waals surface area (Å²) in [6, 6.07) is 3.87. The van der Waals surface area contributed by atoms with Crippen LogP contribution >= 0.6 is 15.9 Å². The molecule has 0 saturated carbocycles. The Labute approximate surface area is 81.6 Å². The fourth-order valence-corrected chi connectivity index (χ4v) is 1.66. The third-order valence-electron chi connectivity index (χ3n) is 2.02. The lowest BCUT2D eigenvalue weighted by molar-refractivity contribution is 0.470. The van der Waals surface area contributed by atoms with E-state index in [1.807, 2.05) is 26.0 Å². The zero-order valence-electron chi connectivity index (χ0n) is 7.39. The largest absolute Gasteiger partial charge is 0.508 e. The van der Waals surface area contributed by atoms with Crippen molar-refractivity contribution < 1.29 is 5.11 Å². The van der Waals surface area contributed by atoms with E-state index in [-0.39, 0.29) is 0 Å². The summed E-state index contributed by atoms with van der Waals surface area (Å²) in [4.78, 5) is 0. The summed E-state index contributed by atoms with van der Waals surface area (Å²) in [5, 5.41) is 10.4. The zero-order chi connectivity index (χ0) is 9.14. The monoisotopic (exact) mass is 228 g/mol. The van der Waals surface area contributed by atoms with Crippen LogP contribution in [-0.4, -0.2) is 10.4 Å². The van der Waals surface area contributed by atoms with Gasteiger partial charge >= 0.3 is 0 Å². The van der Waals surface area contributed by atoms with Crippen LogP contribution in [0.15, 0.2) is 12.1 Å². The fraction of sp³-hybridized carbons (Fsp3) is 0.400. The van der Waals surface area contributed by atoms with E-state index in [0.717, 1.165) is 22.9 Å². The van der Waals surface area contributed by atoms with Gasteiger partial charge in [0, 0.05) is 5.33 Å². The Morgan fingerprint density at radius 1 is 1.25 bits per heavy atom. The summed E-state index contributed by atoms with van der Waals surface area (Å²) in [5.41, 5.74) is 3.43. The number of phenols is 1. The predicted molar refractivity (Wildman–Crippen MR) is 55.1 cm³/mol. The second-order valence-electron chi connectivity index (χ2n) is 3.00. The molecule has 0 fully saturated rings. The van der Waals surface area contributed by atoms with Gasteiger partial charge in [-0.15, -0.1) is 0 Å². The van der Waals surface area contributed by atoms with Crippen LogP contribution in [0.1, 0.15) is 16.7 Å². The van der Waals surface area contributed by atoms with Crippen LogP contribution in [0.5, 0.6) is 5.75 Å². The topological polar surface area (TPSA) is 20.2 Å². The van der Waals surface area contributed by atoms with Gasteiger partial charge in [0.05, 0.1) is 0 Å². The summed E-state index contributed by atoms with van der Waals surface area (Å²) in [6.45, 7) is 3.95.